The van der Waals surface area contributed by atoms with E-state index < -0.39 is 47.7 Å². The van der Waals surface area contributed by atoms with Crippen molar-refractivity contribution in [3.63, 3.8) is 0 Å². The van der Waals surface area contributed by atoms with Crippen LogP contribution in [-0.2, 0) is 27.0 Å². The molecule has 0 rings (SSSR count). The Morgan fingerprint density at radius 1 is 0.588 bits per heavy atom. The quantitative estimate of drug-likeness (QED) is 0.123. The zero-order valence-electron chi connectivity index (χ0n) is 25.0. The summed E-state index contributed by atoms with van der Waals surface area (Å²) in [6.07, 6.45) is -1.10. The van der Waals surface area contributed by atoms with Gasteiger partial charge in [-0.3, -0.25) is 0 Å². The molecule has 0 N–H and O–H groups in total. The Labute approximate surface area is 215 Å². The minimum Gasteiger partial charge on any atom is -0.415 e. The molecule has 204 valence electrons. The fourth-order valence-corrected chi connectivity index (χ4v) is 7.48. The first-order chi connectivity index (χ1) is 14.9. The van der Waals surface area contributed by atoms with Crippen LogP contribution in [-0.4, -0.2) is 85.9 Å². The zero-order valence-corrected chi connectivity index (χ0v) is 30.0. The lowest BCUT2D eigenvalue weighted by Gasteiger charge is -2.42. The normalized spacial score (nSPS) is 17.5. The van der Waals surface area contributed by atoms with Crippen molar-refractivity contribution in [3.8, 4) is 0 Å². The van der Waals surface area contributed by atoms with Crippen LogP contribution in [0.5, 0.6) is 0 Å². The largest absolute Gasteiger partial charge is 0.415 e. The van der Waals surface area contributed by atoms with Crippen molar-refractivity contribution in [2.45, 2.75) is 117 Å². The van der Waals surface area contributed by atoms with E-state index in [0.717, 1.165) is 0 Å². The summed E-state index contributed by atoms with van der Waals surface area (Å²) in [5.41, 5.74) is 0.716. The van der Waals surface area contributed by atoms with Crippen molar-refractivity contribution >= 4 is 47.3 Å². The number of rotatable bonds is 16. The van der Waals surface area contributed by atoms with Gasteiger partial charge in [-0.1, -0.05) is 5.16 Å². The summed E-state index contributed by atoms with van der Waals surface area (Å²) in [6, 6.07) is 0. The third kappa shape index (κ3) is 17.7. The minimum absolute atomic E-state index is 0.277. The molecule has 0 aliphatic heterocycles. The molecule has 0 aromatic carbocycles. The Morgan fingerprint density at radius 3 is 1.38 bits per heavy atom. The molecule has 0 aromatic heterocycles. The lowest BCUT2D eigenvalue weighted by molar-refractivity contribution is -0.0307. The van der Waals surface area contributed by atoms with Gasteiger partial charge in [0.05, 0.1) is 19.3 Å². The molecule has 0 bridgehead atoms. The molecule has 0 amide bonds. The van der Waals surface area contributed by atoms with E-state index in [9.17, 15) is 0 Å². The first-order valence-corrected chi connectivity index (χ1v) is 29.4. The van der Waals surface area contributed by atoms with E-state index in [4.69, 9.17) is 27.0 Å². The topological polar surface area (TPSA) is 67.7 Å². The molecular weight excluding hydrogens is 515 g/mol. The van der Waals surface area contributed by atoms with Crippen molar-refractivity contribution < 1.29 is 27.0 Å². The number of hydrogen-bond donors (Lipinski definition) is 0. The first-order valence-electron chi connectivity index (χ1n) is 12.3. The van der Waals surface area contributed by atoms with Crippen molar-refractivity contribution in [2.24, 2.45) is 5.16 Å². The maximum Gasteiger partial charge on any atom is 0.184 e. The first kappa shape index (κ1) is 34.4. The highest BCUT2D eigenvalue weighted by Gasteiger charge is 2.43. The number of nitrogens with zero attached hydrogens (tertiary/aromatic N) is 1. The SMILES string of the molecule is CON=C(CO[Si](C)(C)C)[C@@H](O[Si](C)(C)C)[C@H](O[Si](C)(C)C)[C@@H](CO[Si](C)(C)C)O[Si](C)(C)C. The summed E-state index contributed by atoms with van der Waals surface area (Å²) in [5, 5.41) is 4.42. The molecular formula is C22H55NO6Si5. The van der Waals surface area contributed by atoms with Gasteiger partial charge in [-0.05, 0) is 98.2 Å². The molecule has 0 saturated carbocycles. The van der Waals surface area contributed by atoms with Gasteiger partial charge in [-0.2, -0.15) is 0 Å². The number of hydrogen-bond acceptors (Lipinski definition) is 7. The van der Waals surface area contributed by atoms with Crippen molar-refractivity contribution in [2.75, 3.05) is 20.3 Å². The lowest BCUT2D eigenvalue weighted by atomic mass is 10.0. The Kier molecular flexibility index (Phi) is 13.4. The second-order valence-corrected chi connectivity index (χ2v) is 36.1. The van der Waals surface area contributed by atoms with E-state index in [1.165, 1.54) is 0 Å². The summed E-state index contributed by atoms with van der Waals surface area (Å²) in [7, 11) is -7.95. The van der Waals surface area contributed by atoms with Gasteiger partial charge in [0.25, 0.3) is 0 Å². The van der Waals surface area contributed by atoms with Gasteiger partial charge in [0.15, 0.2) is 41.6 Å². The average molecular weight is 570 g/mol. The van der Waals surface area contributed by atoms with E-state index in [1.54, 1.807) is 7.11 Å². The zero-order chi connectivity index (χ0) is 27.2. The maximum atomic E-state index is 6.87. The second-order valence-electron chi connectivity index (χ2n) is 13.7. The summed E-state index contributed by atoms with van der Waals surface area (Å²) >= 11 is 0. The average Bonchev–Trinajstić information content (AvgIpc) is 2.54. The molecule has 0 fully saturated rings. The maximum absolute atomic E-state index is 6.87. The predicted molar refractivity (Wildman–Crippen MR) is 158 cm³/mol. The van der Waals surface area contributed by atoms with Gasteiger partial charge in [-0.25, -0.2) is 0 Å². The van der Waals surface area contributed by atoms with Crippen molar-refractivity contribution in [1.29, 1.82) is 0 Å². The Hall–Kier alpha value is 0.354. The highest BCUT2D eigenvalue weighted by Crippen LogP contribution is 2.26. The van der Waals surface area contributed by atoms with E-state index in [-0.39, 0.29) is 12.2 Å². The molecule has 0 aliphatic carbocycles. The molecule has 0 saturated heterocycles. The standard InChI is InChI=1S/C22H55NO6Si5/c1-24-23-19(17-25-30(2,3)4)21(28-33(11,12)13)22(29-34(14,15)16)20(27-32(8,9)10)18-26-31(5,6)7/h20-22H,17-18H2,1-16H3/t20-,21-,22-/m1/s1. The van der Waals surface area contributed by atoms with Gasteiger partial charge < -0.3 is 27.0 Å². The van der Waals surface area contributed by atoms with Crippen LogP contribution in [0, 0.1) is 0 Å². The summed E-state index contributed by atoms with van der Waals surface area (Å²) in [6.45, 7) is 33.6. The van der Waals surface area contributed by atoms with E-state index in [2.05, 4.69) is 103 Å². The third-order valence-electron chi connectivity index (χ3n) is 4.01. The Balaban J connectivity index is 6.64. The fraction of sp³-hybridized carbons (Fsp3) is 0.955. The molecule has 7 nitrogen and oxygen atoms in total. The molecule has 0 radical (unpaired) electrons. The lowest BCUT2D eigenvalue weighted by Crippen LogP contribution is -2.58. The van der Waals surface area contributed by atoms with Crippen LogP contribution < -0.4 is 0 Å². The van der Waals surface area contributed by atoms with E-state index >= 15 is 0 Å². The van der Waals surface area contributed by atoms with E-state index in [1.807, 2.05) is 0 Å². The third-order valence-corrected chi connectivity index (χ3v) is 9.00. The van der Waals surface area contributed by atoms with Crippen LogP contribution in [0.2, 0.25) is 98.2 Å². The van der Waals surface area contributed by atoms with Crippen LogP contribution in [0.15, 0.2) is 5.16 Å². The van der Waals surface area contributed by atoms with Crippen LogP contribution in [0.4, 0.5) is 0 Å². The highest BCUT2D eigenvalue weighted by atomic mass is 28.4. The van der Waals surface area contributed by atoms with Crippen molar-refractivity contribution in [3.05, 3.63) is 0 Å². The summed E-state index contributed by atoms with van der Waals surface area (Å²) in [5.74, 6) is 0. The van der Waals surface area contributed by atoms with Crippen LogP contribution in [0.3, 0.4) is 0 Å². The van der Waals surface area contributed by atoms with E-state index in [0.29, 0.717) is 18.9 Å². The molecule has 0 unspecified atom stereocenters. The Bertz CT molecular complexity index is 630. The minimum atomic E-state index is -2.01. The molecule has 0 heterocycles. The molecule has 0 spiro atoms. The van der Waals surface area contributed by atoms with Gasteiger partial charge >= 0.3 is 0 Å². The predicted octanol–water partition coefficient (Wildman–Crippen LogP) is 6.35. The Morgan fingerprint density at radius 2 is 1.03 bits per heavy atom. The van der Waals surface area contributed by atoms with Gasteiger partial charge in [-0.15, -0.1) is 0 Å². The summed E-state index contributed by atoms with van der Waals surface area (Å²) < 4.78 is 33.1. The number of oxime groups is 1. The van der Waals surface area contributed by atoms with Crippen molar-refractivity contribution in [1.82, 2.24) is 0 Å². The molecule has 12 heteroatoms. The molecule has 0 aliphatic rings. The van der Waals surface area contributed by atoms with Gasteiger partial charge in [0.2, 0.25) is 0 Å². The second kappa shape index (κ2) is 13.2. The van der Waals surface area contributed by atoms with Gasteiger partial charge in [0, 0.05) is 0 Å². The molecule has 0 aromatic rings. The smallest absolute Gasteiger partial charge is 0.184 e. The molecule has 3 atom stereocenters. The van der Waals surface area contributed by atoms with Crippen LogP contribution >= 0.6 is 0 Å². The molecule has 34 heavy (non-hydrogen) atoms. The van der Waals surface area contributed by atoms with Crippen LogP contribution in [0.25, 0.3) is 0 Å². The van der Waals surface area contributed by atoms with Gasteiger partial charge in [0.1, 0.15) is 25.0 Å². The van der Waals surface area contributed by atoms with Crippen LogP contribution in [0.1, 0.15) is 0 Å². The fourth-order valence-electron chi connectivity index (χ4n) is 3.00. The highest BCUT2D eigenvalue weighted by molar-refractivity contribution is 6.71. The monoisotopic (exact) mass is 569 g/mol. The summed E-state index contributed by atoms with van der Waals surface area (Å²) in [4.78, 5) is 5.30.